The summed E-state index contributed by atoms with van der Waals surface area (Å²) in [5.41, 5.74) is 4.30. The molecule has 0 bridgehead atoms. The van der Waals surface area contributed by atoms with Crippen LogP contribution in [0.5, 0.6) is 0 Å². The lowest BCUT2D eigenvalue weighted by molar-refractivity contribution is -0.108. The molecule has 1 rings (SSSR count). The van der Waals surface area contributed by atoms with E-state index >= 15 is 0 Å². The van der Waals surface area contributed by atoms with Crippen molar-refractivity contribution < 1.29 is 9.59 Å². The van der Waals surface area contributed by atoms with Crippen LogP contribution in [-0.2, 0) is 4.79 Å². The summed E-state index contributed by atoms with van der Waals surface area (Å²) in [6, 6.07) is 4.13. The lowest BCUT2D eigenvalue weighted by atomic mass is 9.96. The lowest BCUT2D eigenvalue weighted by Gasteiger charge is -2.09. The third kappa shape index (κ3) is 6.45. The normalized spacial score (nSPS) is 9.44. The third-order valence-electron chi connectivity index (χ3n) is 2.28. The molecule has 2 nitrogen and oxygen atoms in total. The van der Waals surface area contributed by atoms with Gasteiger partial charge in [0, 0.05) is 24.2 Å². The van der Waals surface area contributed by atoms with E-state index in [2.05, 4.69) is 50.9 Å². The first kappa shape index (κ1) is 17.5. The smallest absolute Gasteiger partial charge is 0.194 e. The van der Waals surface area contributed by atoms with Crippen molar-refractivity contribution in [3.8, 4) is 0 Å². The summed E-state index contributed by atoms with van der Waals surface area (Å²) in [6.45, 7) is 7.50. The Labute approximate surface area is 125 Å². The molecule has 0 saturated carbocycles. The molecule has 0 aromatic heterocycles. The Bertz CT molecular complexity index is 412. The van der Waals surface area contributed by atoms with Gasteiger partial charge in [0.1, 0.15) is 0 Å². The number of hydrogen-bond acceptors (Lipinski definition) is 2. The number of aryl methyl sites for hydroxylation is 3. The summed E-state index contributed by atoms with van der Waals surface area (Å²) >= 11 is 5.92. The summed E-state index contributed by atoms with van der Waals surface area (Å²) in [5, 5.41) is 0.735. The van der Waals surface area contributed by atoms with Crippen molar-refractivity contribution in [1.82, 2.24) is 0 Å². The molecule has 0 spiro atoms. The maximum Gasteiger partial charge on any atom is 0.194 e. The summed E-state index contributed by atoms with van der Waals surface area (Å²) < 4.78 is -0.0208. The van der Waals surface area contributed by atoms with Gasteiger partial charge in [-0.2, -0.15) is 0 Å². The highest BCUT2D eigenvalue weighted by molar-refractivity contribution is 9.18. The van der Waals surface area contributed by atoms with Crippen LogP contribution in [0.4, 0.5) is 0 Å². The van der Waals surface area contributed by atoms with E-state index in [0.29, 0.717) is 6.42 Å². The first-order valence-corrected chi connectivity index (χ1v) is 7.54. The number of benzene rings is 1. The molecule has 0 atom stereocenters. The fourth-order valence-corrected chi connectivity index (χ4v) is 2.19. The average molecular weight is 378 g/mol. The van der Waals surface area contributed by atoms with Gasteiger partial charge in [-0.05, 0) is 47.8 Å². The Morgan fingerprint density at radius 2 is 1.50 bits per heavy atom. The average Bonchev–Trinajstić information content (AvgIpc) is 2.14. The molecule has 0 heterocycles. The van der Waals surface area contributed by atoms with Gasteiger partial charge in [-0.3, -0.25) is 9.59 Å². The molecular formula is C14H18Br2O2. The molecule has 0 fully saturated rings. The van der Waals surface area contributed by atoms with Gasteiger partial charge in [-0.25, -0.2) is 0 Å². The Kier molecular flexibility index (Phi) is 8.36. The van der Waals surface area contributed by atoms with E-state index in [9.17, 15) is 9.59 Å². The zero-order valence-electron chi connectivity index (χ0n) is 11.1. The largest absolute Gasteiger partial charge is 0.294 e. The highest BCUT2D eigenvalue weighted by atomic mass is 79.9. The van der Waals surface area contributed by atoms with Crippen molar-refractivity contribution in [3.05, 3.63) is 34.4 Å². The van der Waals surface area contributed by atoms with Crippen LogP contribution in [0, 0.1) is 20.8 Å². The van der Waals surface area contributed by atoms with Gasteiger partial charge < -0.3 is 0 Å². The van der Waals surface area contributed by atoms with Crippen molar-refractivity contribution in [3.63, 3.8) is 0 Å². The lowest BCUT2D eigenvalue weighted by Crippen LogP contribution is -2.05. The Balaban J connectivity index is 0.000000631. The monoisotopic (exact) mass is 376 g/mol. The first-order chi connectivity index (χ1) is 8.29. The van der Waals surface area contributed by atoms with Gasteiger partial charge in [-0.15, -0.1) is 0 Å². The molecule has 0 unspecified atom stereocenters. The SMILES string of the molecule is CC(=O)Br.Cc1cc(C)c(C(=O)CCBr)c(C)c1. The Morgan fingerprint density at radius 3 is 1.83 bits per heavy atom. The highest BCUT2D eigenvalue weighted by Gasteiger charge is 2.11. The van der Waals surface area contributed by atoms with E-state index in [0.717, 1.165) is 22.0 Å². The highest BCUT2D eigenvalue weighted by Crippen LogP contribution is 2.18. The minimum absolute atomic E-state index is 0.0208. The van der Waals surface area contributed by atoms with Crippen LogP contribution < -0.4 is 0 Å². The maximum atomic E-state index is 11.8. The molecular weight excluding hydrogens is 360 g/mol. The molecule has 18 heavy (non-hydrogen) atoms. The van der Waals surface area contributed by atoms with E-state index in [1.807, 2.05) is 13.8 Å². The second-order valence-electron chi connectivity index (χ2n) is 4.11. The fraction of sp³-hybridized carbons (Fsp3) is 0.429. The number of Topliss-reactive ketones (excluding diaryl/α,β-unsaturated/α-hetero) is 1. The Hall–Kier alpha value is -0.480. The van der Waals surface area contributed by atoms with Crippen molar-refractivity contribution in [2.24, 2.45) is 0 Å². The number of carbonyl (C=O) groups excluding carboxylic acids is 2. The molecule has 0 aliphatic carbocycles. The van der Waals surface area contributed by atoms with Crippen LogP contribution in [0.1, 0.15) is 40.4 Å². The van der Waals surface area contributed by atoms with E-state index < -0.39 is 0 Å². The molecule has 4 heteroatoms. The van der Waals surface area contributed by atoms with Crippen LogP contribution in [0.25, 0.3) is 0 Å². The van der Waals surface area contributed by atoms with Crippen molar-refractivity contribution in [2.75, 3.05) is 5.33 Å². The van der Waals surface area contributed by atoms with E-state index in [4.69, 9.17) is 0 Å². The van der Waals surface area contributed by atoms with Gasteiger partial charge in [0.25, 0.3) is 0 Å². The second kappa shape index (κ2) is 8.59. The topological polar surface area (TPSA) is 34.1 Å². The summed E-state index contributed by atoms with van der Waals surface area (Å²) in [7, 11) is 0. The molecule has 1 aromatic carbocycles. The number of ketones is 1. The quantitative estimate of drug-likeness (QED) is 0.441. The van der Waals surface area contributed by atoms with Crippen molar-refractivity contribution in [1.29, 1.82) is 0 Å². The molecule has 0 aliphatic rings. The predicted molar refractivity (Wildman–Crippen MR) is 83.0 cm³/mol. The van der Waals surface area contributed by atoms with Gasteiger partial charge in [-0.1, -0.05) is 33.6 Å². The van der Waals surface area contributed by atoms with Crippen LogP contribution in [0.15, 0.2) is 12.1 Å². The van der Waals surface area contributed by atoms with E-state index in [-0.39, 0.29) is 10.5 Å². The van der Waals surface area contributed by atoms with Crippen LogP contribution in [0.3, 0.4) is 0 Å². The van der Waals surface area contributed by atoms with Gasteiger partial charge in [0.05, 0.1) is 0 Å². The number of carbonyl (C=O) groups is 2. The first-order valence-electron chi connectivity index (χ1n) is 5.62. The molecule has 0 saturated heterocycles. The summed E-state index contributed by atoms with van der Waals surface area (Å²) in [5.74, 6) is 0.233. The Morgan fingerprint density at radius 1 is 1.11 bits per heavy atom. The van der Waals surface area contributed by atoms with E-state index in [1.165, 1.54) is 12.5 Å². The zero-order chi connectivity index (χ0) is 14.3. The van der Waals surface area contributed by atoms with Crippen molar-refractivity contribution in [2.45, 2.75) is 34.1 Å². The maximum absolute atomic E-state index is 11.8. The van der Waals surface area contributed by atoms with Gasteiger partial charge in [0.15, 0.2) is 10.5 Å². The number of alkyl halides is 1. The molecule has 100 valence electrons. The standard InChI is InChI=1S/C12H15BrO.C2H3BrO/c1-8-6-9(2)12(10(3)7-8)11(14)4-5-13;1-2(3)4/h6-7H,4-5H2,1-3H3;1H3. The van der Waals surface area contributed by atoms with Gasteiger partial charge >= 0.3 is 0 Å². The second-order valence-corrected chi connectivity index (χ2v) is 6.02. The minimum Gasteiger partial charge on any atom is -0.294 e. The molecule has 1 aromatic rings. The van der Waals surface area contributed by atoms with Crippen LogP contribution in [-0.4, -0.2) is 15.8 Å². The van der Waals surface area contributed by atoms with Gasteiger partial charge in [0.2, 0.25) is 0 Å². The van der Waals surface area contributed by atoms with Crippen molar-refractivity contribution >= 4 is 42.3 Å². The molecule has 0 aliphatic heterocycles. The number of hydrogen-bond donors (Lipinski definition) is 0. The molecule has 0 N–H and O–H groups in total. The summed E-state index contributed by atoms with van der Waals surface area (Å²) in [4.78, 5) is 21.1. The predicted octanol–water partition coefficient (Wildman–Crippen LogP) is 4.51. The minimum atomic E-state index is -0.0208. The summed E-state index contributed by atoms with van der Waals surface area (Å²) in [6.07, 6.45) is 0.574. The number of halogens is 2. The zero-order valence-corrected chi connectivity index (χ0v) is 14.3. The van der Waals surface area contributed by atoms with Crippen LogP contribution >= 0.6 is 31.9 Å². The molecule has 0 amide bonds. The third-order valence-corrected chi connectivity index (χ3v) is 2.67. The van der Waals surface area contributed by atoms with E-state index in [1.54, 1.807) is 0 Å². The molecule has 0 radical (unpaired) electrons. The van der Waals surface area contributed by atoms with Crippen LogP contribution in [0.2, 0.25) is 0 Å². The number of rotatable bonds is 3. The fourth-order valence-electron chi connectivity index (χ4n) is 1.83.